The molecule has 1 saturated heterocycles. The minimum Gasteiger partial charge on any atom is -1.00 e. The van der Waals surface area contributed by atoms with Crippen LogP contribution in [0, 0.1) is 11.6 Å². The summed E-state index contributed by atoms with van der Waals surface area (Å²) >= 11 is 3.02. The second kappa shape index (κ2) is 12.7. The zero-order valence-corrected chi connectivity index (χ0v) is 18.8. The third kappa shape index (κ3) is 8.00. The Bertz CT molecular complexity index is 728. The number of aliphatic hydroxyl groups is 1. The molecule has 0 amide bonds. The predicted octanol–water partition coefficient (Wildman–Crippen LogP) is -2.71. The maximum absolute atomic E-state index is 13.7. The van der Waals surface area contributed by atoms with Gasteiger partial charge in [0.25, 0.3) is 0 Å². The summed E-state index contributed by atoms with van der Waals surface area (Å²) in [5, 5.41) is 10.2. The first-order valence-corrected chi connectivity index (χ1v) is 9.74. The monoisotopic (exact) mass is 510 g/mol. The van der Waals surface area contributed by atoms with Crippen molar-refractivity contribution in [3.8, 4) is 5.75 Å². The Kier molecular flexibility index (Phi) is 11.4. The van der Waals surface area contributed by atoms with Crippen molar-refractivity contribution < 1.29 is 43.4 Å². The van der Waals surface area contributed by atoms with Gasteiger partial charge in [-0.15, -0.1) is 0 Å². The van der Waals surface area contributed by atoms with E-state index in [1.165, 1.54) is 5.56 Å². The van der Waals surface area contributed by atoms with Crippen molar-refractivity contribution in [3.63, 3.8) is 0 Å². The topological polar surface area (TPSA) is 35.9 Å². The maximum atomic E-state index is 13.7. The lowest BCUT2D eigenvalue weighted by Crippen LogP contribution is -3.00. The highest BCUT2D eigenvalue weighted by atomic mass is 79.9. The van der Waals surface area contributed by atoms with Gasteiger partial charge in [-0.3, -0.25) is 9.80 Å². The minimum atomic E-state index is -0.812. The zero-order chi connectivity index (χ0) is 19.2. The van der Waals surface area contributed by atoms with Crippen LogP contribution in [-0.2, 0) is 6.54 Å². The van der Waals surface area contributed by atoms with E-state index in [1.807, 2.05) is 18.2 Å². The Morgan fingerprint density at radius 3 is 2.10 bits per heavy atom. The highest BCUT2D eigenvalue weighted by Gasteiger charge is 2.20. The van der Waals surface area contributed by atoms with Gasteiger partial charge in [-0.1, -0.05) is 46.3 Å². The number of benzene rings is 2. The lowest BCUT2D eigenvalue weighted by Gasteiger charge is -2.35. The number of hydrogen-bond acceptors (Lipinski definition) is 4. The normalized spacial score (nSPS) is 15.9. The maximum Gasteiger partial charge on any atom is 0.190 e. The highest BCUT2D eigenvalue weighted by molar-refractivity contribution is 9.10. The van der Waals surface area contributed by atoms with E-state index in [2.05, 4.69) is 37.9 Å². The number of halogens is 5. The Labute approximate surface area is 190 Å². The molecule has 0 bridgehead atoms. The smallest absolute Gasteiger partial charge is 0.190 e. The first-order valence-electron chi connectivity index (χ1n) is 8.95. The molecule has 1 aliphatic heterocycles. The van der Waals surface area contributed by atoms with Crippen LogP contribution in [0.4, 0.5) is 8.78 Å². The second-order valence-electron chi connectivity index (χ2n) is 6.73. The van der Waals surface area contributed by atoms with Crippen LogP contribution in [0.1, 0.15) is 5.56 Å². The quantitative estimate of drug-likeness (QED) is 0.439. The van der Waals surface area contributed by atoms with Crippen molar-refractivity contribution in [3.05, 3.63) is 64.1 Å². The van der Waals surface area contributed by atoms with Crippen molar-refractivity contribution in [1.29, 1.82) is 0 Å². The molecule has 1 fully saturated rings. The lowest BCUT2D eigenvalue weighted by molar-refractivity contribution is -0.001000. The average Bonchev–Trinajstić information content (AvgIpc) is 2.63. The Morgan fingerprint density at radius 2 is 1.52 bits per heavy atom. The molecule has 0 spiro atoms. The fourth-order valence-corrected chi connectivity index (χ4v) is 3.57. The Balaban J connectivity index is 0.00000210. The summed E-state index contributed by atoms with van der Waals surface area (Å²) in [4.78, 5) is 4.52. The third-order valence-corrected chi connectivity index (χ3v) is 5.02. The minimum absolute atomic E-state index is 0. The summed E-state index contributed by atoms with van der Waals surface area (Å²) < 4.78 is 33.0. The molecule has 2 aromatic carbocycles. The van der Waals surface area contributed by atoms with E-state index >= 15 is 0 Å². The summed E-state index contributed by atoms with van der Waals surface area (Å²) in [7, 11) is 0. The number of aliphatic hydroxyl groups excluding tert-OH is 1. The number of piperazine rings is 1. The molecule has 4 nitrogen and oxygen atoms in total. The fraction of sp³-hybridized carbons (Fsp3) is 0.400. The first kappa shape index (κ1) is 26.1. The summed E-state index contributed by atoms with van der Waals surface area (Å²) in [6, 6.07) is 12.6. The van der Waals surface area contributed by atoms with Crippen LogP contribution in [0.5, 0.6) is 5.75 Å². The molecule has 29 heavy (non-hydrogen) atoms. The molecule has 1 aliphatic rings. The van der Waals surface area contributed by atoms with Gasteiger partial charge in [0.1, 0.15) is 12.7 Å². The third-order valence-electron chi connectivity index (χ3n) is 4.57. The van der Waals surface area contributed by atoms with Gasteiger partial charge in [0.05, 0.1) is 0 Å². The van der Waals surface area contributed by atoms with Crippen LogP contribution in [0.15, 0.2) is 46.9 Å². The van der Waals surface area contributed by atoms with Gasteiger partial charge in [0, 0.05) is 43.7 Å². The summed E-state index contributed by atoms with van der Waals surface area (Å²) in [6.45, 7) is 4.69. The van der Waals surface area contributed by atoms with Gasteiger partial charge in [-0.2, -0.15) is 0 Å². The van der Waals surface area contributed by atoms with E-state index in [-0.39, 0.29) is 31.4 Å². The number of hydrogen-bond donors (Lipinski definition) is 1. The van der Waals surface area contributed by atoms with Gasteiger partial charge in [-0.25, -0.2) is 8.78 Å². The van der Waals surface area contributed by atoms with Crippen molar-refractivity contribution in [1.82, 2.24) is 9.80 Å². The second-order valence-corrected chi connectivity index (χ2v) is 7.64. The number of ether oxygens (including phenoxy) is 1. The molecule has 0 saturated carbocycles. The molecule has 1 unspecified atom stereocenters. The molecule has 0 radical (unpaired) electrons. The molecule has 0 aliphatic carbocycles. The Hall–Kier alpha value is -0.960. The first-order chi connectivity index (χ1) is 13.0. The van der Waals surface area contributed by atoms with Crippen LogP contribution < -0.4 is 29.6 Å². The van der Waals surface area contributed by atoms with E-state index < -0.39 is 23.5 Å². The van der Waals surface area contributed by atoms with Crippen molar-refractivity contribution in [2.45, 2.75) is 12.6 Å². The molecule has 2 aromatic rings. The molecule has 9 heteroatoms. The lowest BCUT2D eigenvalue weighted by atomic mass is 10.2. The largest absolute Gasteiger partial charge is 1.00 e. The van der Waals surface area contributed by atoms with Gasteiger partial charge in [0.15, 0.2) is 17.4 Å². The average molecular weight is 512 g/mol. The summed E-state index contributed by atoms with van der Waals surface area (Å²) in [5.41, 5.74) is 1.29. The number of nitrogens with zero attached hydrogens (tertiary/aromatic N) is 2. The van der Waals surface area contributed by atoms with E-state index in [0.29, 0.717) is 11.0 Å². The van der Waals surface area contributed by atoms with E-state index in [9.17, 15) is 13.9 Å². The molecular formula is C20H23BrCl2F2N2O2-2. The SMILES string of the molecule is OC(COc1c(F)cc(Br)cc1F)CN1CCN(Cc2ccccc2)CC1.[Cl-].[Cl-]. The van der Waals surface area contributed by atoms with Gasteiger partial charge >= 0.3 is 0 Å². The zero-order valence-electron chi connectivity index (χ0n) is 15.7. The summed E-state index contributed by atoms with van der Waals surface area (Å²) in [5.74, 6) is -2.03. The molecule has 0 aromatic heterocycles. The van der Waals surface area contributed by atoms with Crippen LogP contribution in [0.3, 0.4) is 0 Å². The van der Waals surface area contributed by atoms with Crippen LogP contribution in [-0.4, -0.2) is 60.3 Å². The Morgan fingerprint density at radius 1 is 0.966 bits per heavy atom. The molecular weight excluding hydrogens is 489 g/mol. The number of rotatable bonds is 7. The predicted molar refractivity (Wildman–Crippen MR) is 104 cm³/mol. The van der Waals surface area contributed by atoms with Crippen LogP contribution in [0.2, 0.25) is 0 Å². The van der Waals surface area contributed by atoms with Gasteiger partial charge in [-0.05, 0) is 17.7 Å². The van der Waals surface area contributed by atoms with Crippen LogP contribution >= 0.6 is 15.9 Å². The van der Waals surface area contributed by atoms with Gasteiger partial charge in [0.2, 0.25) is 0 Å². The van der Waals surface area contributed by atoms with Crippen molar-refractivity contribution >= 4 is 15.9 Å². The van der Waals surface area contributed by atoms with E-state index in [1.54, 1.807) is 0 Å². The molecule has 1 heterocycles. The summed E-state index contributed by atoms with van der Waals surface area (Å²) in [6.07, 6.45) is -0.812. The molecule has 1 atom stereocenters. The van der Waals surface area contributed by atoms with Gasteiger partial charge < -0.3 is 34.7 Å². The number of β-amino-alcohol motifs (C(OH)–C–C–N with tert-alkyl or cyclic N) is 1. The molecule has 3 rings (SSSR count). The molecule has 1 N–H and O–H groups in total. The standard InChI is InChI=1S/C20H23BrF2N2O2.2ClH/c21-16-10-18(22)20(19(23)11-16)27-14-17(26)13-25-8-6-24(7-9-25)12-15-4-2-1-3-5-15;;/h1-5,10-11,17,26H,6-9,12-14H2;2*1H/p-2. The van der Waals surface area contributed by atoms with Crippen molar-refractivity contribution in [2.75, 3.05) is 39.3 Å². The van der Waals surface area contributed by atoms with Crippen molar-refractivity contribution in [2.24, 2.45) is 0 Å². The van der Waals surface area contributed by atoms with E-state index in [0.717, 1.165) is 44.9 Å². The fourth-order valence-electron chi connectivity index (χ4n) is 3.17. The molecule has 162 valence electrons. The van der Waals surface area contributed by atoms with E-state index in [4.69, 9.17) is 4.74 Å². The highest BCUT2D eigenvalue weighted by Crippen LogP contribution is 2.26. The van der Waals surface area contributed by atoms with Crippen LogP contribution in [0.25, 0.3) is 0 Å².